The molecule has 100 valence electrons. The highest BCUT2D eigenvalue weighted by atomic mass is 19.1. The fraction of sp³-hybridized carbons (Fsp3) is 0.333. The van der Waals surface area contributed by atoms with E-state index in [-0.39, 0.29) is 5.82 Å². The van der Waals surface area contributed by atoms with Gasteiger partial charge in [-0.15, -0.1) is 0 Å². The molecule has 0 unspecified atom stereocenters. The lowest BCUT2D eigenvalue weighted by Gasteiger charge is -2.07. The number of rotatable bonds is 4. The molecule has 3 nitrogen and oxygen atoms in total. The van der Waals surface area contributed by atoms with Gasteiger partial charge in [0.2, 0.25) is 0 Å². The number of aromatic nitrogens is 2. The number of aldehydes is 1. The Hall–Kier alpha value is -1.97. The van der Waals surface area contributed by atoms with Crippen molar-refractivity contribution >= 4 is 6.29 Å². The van der Waals surface area contributed by atoms with Crippen LogP contribution in [0.5, 0.6) is 0 Å². The summed E-state index contributed by atoms with van der Waals surface area (Å²) in [5, 5.41) is 4.46. The molecule has 0 spiro atoms. The first kappa shape index (κ1) is 13.5. The first-order valence-electron chi connectivity index (χ1n) is 6.37. The number of nitrogens with zero attached hydrogens (tertiary/aromatic N) is 2. The van der Waals surface area contributed by atoms with Gasteiger partial charge in [0.05, 0.1) is 5.69 Å². The minimum atomic E-state index is -0.345. The average Bonchev–Trinajstić information content (AvgIpc) is 2.65. The zero-order valence-corrected chi connectivity index (χ0v) is 11.4. The number of aryl methyl sites for hydroxylation is 2. The van der Waals surface area contributed by atoms with Gasteiger partial charge in [-0.2, -0.15) is 5.10 Å². The predicted octanol–water partition coefficient (Wildman–Crippen LogP) is 3.53. The molecule has 0 saturated carbocycles. The summed E-state index contributed by atoms with van der Waals surface area (Å²) in [6, 6.07) is 4.21. The molecule has 0 aliphatic heterocycles. The van der Waals surface area contributed by atoms with Crippen molar-refractivity contribution in [3.63, 3.8) is 0 Å². The van der Waals surface area contributed by atoms with Crippen LogP contribution in [0.4, 0.5) is 4.39 Å². The molecule has 0 atom stereocenters. The Bertz CT molecular complexity index is 617. The summed E-state index contributed by atoms with van der Waals surface area (Å²) in [6.07, 6.45) is 1.73. The quantitative estimate of drug-likeness (QED) is 0.788. The van der Waals surface area contributed by atoms with Gasteiger partial charge in [0.15, 0.2) is 6.29 Å². The topological polar surface area (TPSA) is 34.9 Å². The van der Waals surface area contributed by atoms with E-state index in [1.165, 1.54) is 18.2 Å². The van der Waals surface area contributed by atoms with Crippen molar-refractivity contribution < 1.29 is 9.18 Å². The number of halogens is 1. The highest BCUT2D eigenvalue weighted by Gasteiger charge is 2.16. The summed E-state index contributed by atoms with van der Waals surface area (Å²) >= 11 is 0. The maximum absolute atomic E-state index is 13.4. The van der Waals surface area contributed by atoms with E-state index in [1.807, 2.05) is 18.5 Å². The maximum atomic E-state index is 13.4. The third kappa shape index (κ3) is 2.43. The molecule has 1 heterocycles. The summed E-state index contributed by atoms with van der Waals surface area (Å²) in [6.45, 7) is 6.73. The number of hydrogen-bond acceptors (Lipinski definition) is 2. The Morgan fingerprint density at radius 3 is 2.74 bits per heavy atom. The van der Waals surface area contributed by atoms with Gasteiger partial charge in [0.1, 0.15) is 5.82 Å². The second-order valence-corrected chi connectivity index (χ2v) is 4.62. The third-order valence-corrected chi connectivity index (χ3v) is 3.23. The van der Waals surface area contributed by atoms with Crippen molar-refractivity contribution in [2.75, 3.05) is 0 Å². The summed E-state index contributed by atoms with van der Waals surface area (Å²) in [7, 11) is 0. The van der Waals surface area contributed by atoms with Gasteiger partial charge in [-0.3, -0.25) is 9.48 Å². The standard InChI is InChI=1S/C15H17FN2O/c1-4-7-18-11(3)15(10(2)17-18)14-8-13(16)6-5-12(14)9-19/h5-6,8-9H,4,7H2,1-3H3. The first-order valence-corrected chi connectivity index (χ1v) is 6.37. The van der Waals surface area contributed by atoms with Crippen LogP contribution in [0.15, 0.2) is 18.2 Å². The van der Waals surface area contributed by atoms with Gasteiger partial charge in [-0.25, -0.2) is 4.39 Å². The second-order valence-electron chi connectivity index (χ2n) is 4.62. The molecule has 0 fully saturated rings. The van der Waals surface area contributed by atoms with Gasteiger partial charge in [0, 0.05) is 23.4 Å². The number of hydrogen-bond donors (Lipinski definition) is 0. The molecule has 2 aromatic rings. The Labute approximate surface area is 112 Å². The van der Waals surface area contributed by atoms with Crippen LogP contribution in [0, 0.1) is 19.7 Å². The smallest absolute Gasteiger partial charge is 0.150 e. The molecular formula is C15H17FN2O. The maximum Gasteiger partial charge on any atom is 0.150 e. The zero-order valence-electron chi connectivity index (χ0n) is 11.4. The third-order valence-electron chi connectivity index (χ3n) is 3.23. The summed E-state index contributed by atoms with van der Waals surface area (Å²) in [5.41, 5.74) is 3.75. The van der Waals surface area contributed by atoms with E-state index in [1.54, 1.807) is 0 Å². The molecule has 0 N–H and O–H groups in total. The minimum Gasteiger partial charge on any atom is -0.298 e. The fourth-order valence-electron chi connectivity index (χ4n) is 2.36. The van der Waals surface area contributed by atoms with Crippen LogP contribution in [0.1, 0.15) is 35.1 Å². The second kappa shape index (κ2) is 5.34. The molecule has 0 bridgehead atoms. The summed E-state index contributed by atoms with van der Waals surface area (Å²) in [5.74, 6) is -0.345. The van der Waals surface area contributed by atoms with Crippen molar-refractivity contribution in [3.05, 3.63) is 41.0 Å². The number of carbonyl (C=O) groups excluding carboxylic acids is 1. The first-order chi connectivity index (χ1) is 9.08. The molecule has 0 aliphatic carbocycles. The lowest BCUT2D eigenvalue weighted by atomic mass is 9.98. The highest BCUT2D eigenvalue weighted by Crippen LogP contribution is 2.30. The molecule has 0 amide bonds. The lowest BCUT2D eigenvalue weighted by Crippen LogP contribution is -2.01. The van der Waals surface area contributed by atoms with Crippen LogP contribution in [0.3, 0.4) is 0 Å². The molecule has 1 aromatic carbocycles. The Morgan fingerprint density at radius 2 is 2.11 bits per heavy atom. The fourth-order valence-corrected chi connectivity index (χ4v) is 2.36. The lowest BCUT2D eigenvalue weighted by molar-refractivity contribution is 0.112. The zero-order chi connectivity index (χ0) is 14.0. The van der Waals surface area contributed by atoms with Gasteiger partial charge in [0.25, 0.3) is 0 Å². The highest BCUT2D eigenvalue weighted by molar-refractivity contribution is 5.88. The molecule has 1 aromatic heterocycles. The Balaban J connectivity index is 2.64. The van der Waals surface area contributed by atoms with E-state index >= 15 is 0 Å². The van der Waals surface area contributed by atoms with E-state index in [0.717, 1.165) is 36.2 Å². The molecular weight excluding hydrogens is 243 g/mol. The van der Waals surface area contributed by atoms with Gasteiger partial charge in [-0.1, -0.05) is 6.92 Å². The number of benzene rings is 1. The predicted molar refractivity (Wildman–Crippen MR) is 72.8 cm³/mol. The van der Waals surface area contributed by atoms with Crippen LogP contribution in [0.25, 0.3) is 11.1 Å². The van der Waals surface area contributed by atoms with Gasteiger partial charge in [-0.05, 0) is 44.0 Å². The van der Waals surface area contributed by atoms with E-state index in [9.17, 15) is 9.18 Å². The minimum absolute atomic E-state index is 0.345. The Morgan fingerprint density at radius 1 is 1.37 bits per heavy atom. The van der Waals surface area contributed by atoms with Crippen molar-refractivity contribution in [1.29, 1.82) is 0 Å². The normalized spacial score (nSPS) is 10.7. The van der Waals surface area contributed by atoms with Crippen molar-refractivity contribution in [3.8, 4) is 11.1 Å². The van der Waals surface area contributed by atoms with E-state index in [0.29, 0.717) is 11.1 Å². The summed E-state index contributed by atoms with van der Waals surface area (Å²) < 4.78 is 15.4. The van der Waals surface area contributed by atoms with Crippen molar-refractivity contribution in [2.45, 2.75) is 33.7 Å². The largest absolute Gasteiger partial charge is 0.298 e. The van der Waals surface area contributed by atoms with Gasteiger partial charge >= 0.3 is 0 Å². The molecule has 0 saturated heterocycles. The molecule has 19 heavy (non-hydrogen) atoms. The van der Waals surface area contributed by atoms with E-state index in [2.05, 4.69) is 12.0 Å². The van der Waals surface area contributed by atoms with Gasteiger partial charge < -0.3 is 0 Å². The molecule has 0 radical (unpaired) electrons. The Kier molecular flexibility index (Phi) is 3.79. The van der Waals surface area contributed by atoms with Crippen LogP contribution >= 0.6 is 0 Å². The molecule has 2 rings (SSSR count). The average molecular weight is 260 g/mol. The van der Waals surface area contributed by atoms with Crippen LogP contribution in [0.2, 0.25) is 0 Å². The van der Waals surface area contributed by atoms with Crippen molar-refractivity contribution in [1.82, 2.24) is 9.78 Å². The van der Waals surface area contributed by atoms with Crippen LogP contribution in [-0.2, 0) is 6.54 Å². The van der Waals surface area contributed by atoms with Crippen molar-refractivity contribution in [2.24, 2.45) is 0 Å². The van der Waals surface area contributed by atoms with E-state index in [4.69, 9.17) is 0 Å². The molecule has 0 aliphatic rings. The van der Waals surface area contributed by atoms with Crippen LogP contribution < -0.4 is 0 Å². The monoisotopic (exact) mass is 260 g/mol. The summed E-state index contributed by atoms with van der Waals surface area (Å²) in [4.78, 5) is 11.1. The SMILES string of the molecule is CCCn1nc(C)c(-c2cc(F)ccc2C=O)c1C. The molecule has 4 heteroatoms. The van der Waals surface area contributed by atoms with E-state index < -0.39 is 0 Å². The van der Waals surface area contributed by atoms with Crippen LogP contribution in [-0.4, -0.2) is 16.1 Å². The number of carbonyl (C=O) groups is 1.